The van der Waals surface area contributed by atoms with Crippen molar-refractivity contribution in [2.75, 3.05) is 12.4 Å². The third-order valence-corrected chi connectivity index (χ3v) is 7.89. The first-order valence-corrected chi connectivity index (χ1v) is 13.8. The van der Waals surface area contributed by atoms with E-state index in [1.807, 2.05) is 0 Å². The van der Waals surface area contributed by atoms with E-state index in [4.69, 9.17) is 9.47 Å². The fraction of sp³-hybridized carbons (Fsp3) is 0.370. The van der Waals surface area contributed by atoms with Gasteiger partial charge in [0.15, 0.2) is 5.75 Å². The Labute approximate surface area is 233 Å². The number of esters is 1. The van der Waals surface area contributed by atoms with Gasteiger partial charge in [-0.05, 0) is 55.9 Å². The number of nitro groups is 1. The lowest BCUT2D eigenvalue weighted by Gasteiger charge is -2.30. The minimum absolute atomic E-state index is 0.129. The van der Waals surface area contributed by atoms with Gasteiger partial charge in [-0.15, -0.1) is 5.10 Å². The number of phenolic OH excluding ortho intramolecular Hbond substituents is 1. The lowest BCUT2D eigenvalue weighted by Crippen LogP contribution is -2.32. The maximum Gasteiger partial charge on any atom is 0.338 e. The zero-order valence-electron chi connectivity index (χ0n) is 21.9. The van der Waals surface area contributed by atoms with Gasteiger partial charge < -0.3 is 19.9 Å². The first kappa shape index (κ1) is 27.4. The van der Waals surface area contributed by atoms with Gasteiger partial charge in [0.2, 0.25) is 16.9 Å². The molecule has 5 rings (SSSR count). The normalized spacial score (nSPS) is 17.2. The third-order valence-electron chi connectivity index (χ3n) is 7.00. The molecule has 2 N–H and O–H groups in total. The van der Waals surface area contributed by atoms with Crippen molar-refractivity contribution in [3.05, 3.63) is 74.7 Å². The number of hydrogen-bond donors (Lipinski definition) is 2. The Morgan fingerprint density at radius 1 is 1.27 bits per heavy atom. The van der Waals surface area contributed by atoms with Gasteiger partial charge in [-0.25, -0.2) is 13.9 Å². The van der Waals surface area contributed by atoms with Crippen LogP contribution in [0, 0.1) is 15.9 Å². The number of aromatic hydroxyl groups is 1. The summed E-state index contributed by atoms with van der Waals surface area (Å²) in [6.45, 7) is 1.70. The average Bonchev–Trinajstić information content (AvgIpc) is 3.34. The molecule has 0 amide bonds. The Kier molecular flexibility index (Phi) is 7.92. The van der Waals surface area contributed by atoms with Crippen LogP contribution in [0.15, 0.2) is 52.8 Å². The van der Waals surface area contributed by atoms with E-state index in [0.717, 1.165) is 32.1 Å². The van der Waals surface area contributed by atoms with Crippen molar-refractivity contribution in [1.82, 2.24) is 14.8 Å². The predicted molar refractivity (Wildman–Crippen MR) is 145 cm³/mol. The number of aromatic nitrogens is 3. The van der Waals surface area contributed by atoms with Crippen LogP contribution in [0.1, 0.15) is 56.2 Å². The van der Waals surface area contributed by atoms with Crippen molar-refractivity contribution >= 4 is 29.4 Å². The van der Waals surface area contributed by atoms with Gasteiger partial charge >= 0.3 is 11.7 Å². The molecule has 1 unspecified atom stereocenters. The van der Waals surface area contributed by atoms with E-state index < -0.39 is 28.4 Å². The summed E-state index contributed by atoms with van der Waals surface area (Å²) >= 11 is 1.21. The number of anilines is 1. The number of hydrogen-bond acceptors (Lipinski definition) is 10. The van der Waals surface area contributed by atoms with Crippen LogP contribution >= 0.6 is 11.8 Å². The Bertz CT molecular complexity index is 1490. The van der Waals surface area contributed by atoms with Crippen molar-refractivity contribution < 1.29 is 28.7 Å². The van der Waals surface area contributed by atoms with Crippen LogP contribution < -0.4 is 10.1 Å². The number of carbonyl (C=O) groups excluding carboxylic acids is 1. The molecule has 40 heavy (non-hydrogen) atoms. The highest BCUT2D eigenvalue weighted by Gasteiger charge is 2.38. The number of carbonyl (C=O) groups is 1. The molecule has 0 bridgehead atoms. The maximum absolute atomic E-state index is 14.2. The smallest absolute Gasteiger partial charge is 0.338 e. The molecule has 13 heteroatoms. The SMILES string of the molecule is COc1cc(C2C(C(=O)OC3CCCCC3)=C(C)Nc3nc(SCc4ccccc4F)nn32)cc([N+](=O)[O-])c1O. The third kappa shape index (κ3) is 5.46. The highest BCUT2D eigenvalue weighted by molar-refractivity contribution is 7.98. The van der Waals surface area contributed by atoms with Crippen LogP contribution in [0.2, 0.25) is 0 Å². The summed E-state index contributed by atoms with van der Waals surface area (Å²) in [5.74, 6) is -1.11. The highest BCUT2D eigenvalue weighted by Crippen LogP contribution is 2.44. The second-order valence-corrected chi connectivity index (χ2v) is 10.6. The van der Waals surface area contributed by atoms with Crippen molar-refractivity contribution in [3.8, 4) is 11.5 Å². The number of allylic oxidation sites excluding steroid dienone is 1. The lowest BCUT2D eigenvalue weighted by atomic mass is 9.94. The molecule has 1 fully saturated rings. The van der Waals surface area contributed by atoms with Gasteiger partial charge in [0, 0.05) is 17.5 Å². The zero-order chi connectivity index (χ0) is 28.4. The zero-order valence-corrected chi connectivity index (χ0v) is 22.7. The molecule has 0 spiro atoms. The second kappa shape index (κ2) is 11.5. The molecule has 0 radical (unpaired) electrons. The molecule has 1 aromatic heterocycles. The standard InChI is InChI=1S/C27H28FN5O6S/c1-15-22(25(35)39-18-9-4-3-5-10-18)23(17-12-20(33(36)37)24(34)21(13-17)38-2)32-26(29-15)30-27(31-32)40-14-16-8-6-7-11-19(16)28/h6-8,11-13,18,23,34H,3-5,9-10,14H2,1-2H3,(H,29,30,31). The number of nitrogens with zero attached hydrogens (tertiary/aromatic N) is 4. The monoisotopic (exact) mass is 569 g/mol. The van der Waals surface area contributed by atoms with Crippen molar-refractivity contribution in [1.29, 1.82) is 0 Å². The fourth-order valence-electron chi connectivity index (χ4n) is 4.99. The number of rotatable bonds is 8. The summed E-state index contributed by atoms with van der Waals surface area (Å²) < 4.78 is 26.7. The molecule has 11 nitrogen and oxygen atoms in total. The number of fused-ring (bicyclic) bond motifs is 1. The van der Waals surface area contributed by atoms with E-state index in [1.165, 1.54) is 41.8 Å². The highest BCUT2D eigenvalue weighted by atomic mass is 32.2. The van der Waals surface area contributed by atoms with Crippen LogP contribution in [0.4, 0.5) is 16.0 Å². The lowest BCUT2D eigenvalue weighted by molar-refractivity contribution is -0.386. The Hall–Kier alpha value is -4.13. The molecule has 2 aliphatic rings. The summed E-state index contributed by atoms with van der Waals surface area (Å²) in [7, 11) is 1.28. The summed E-state index contributed by atoms with van der Waals surface area (Å²) in [5, 5.41) is 30.1. The van der Waals surface area contributed by atoms with E-state index in [1.54, 1.807) is 25.1 Å². The maximum atomic E-state index is 14.2. The number of methoxy groups -OCH3 is 1. The molecule has 1 aliphatic carbocycles. The largest absolute Gasteiger partial charge is 0.500 e. The van der Waals surface area contributed by atoms with Crippen LogP contribution in [0.5, 0.6) is 11.5 Å². The van der Waals surface area contributed by atoms with Gasteiger partial charge in [0.1, 0.15) is 18.0 Å². The second-order valence-electron chi connectivity index (χ2n) is 9.62. The van der Waals surface area contributed by atoms with Crippen LogP contribution in [-0.4, -0.2) is 44.0 Å². The number of thioether (sulfide) groups is 1. The fourth-order valence-corrected chi connectivity index (χ4v) is 5.80. The molecular weight excluding hydrogens is 541 g/mol. The van der Waals surface area contributed by atoms with Gasteiger partial charge in [-0.3, -0.25) is 10.1 Å². The molecule has 1 saturated carbocycles. The Morgan fingerprint density at radius 2 is 2.02 bits per heavy atom. The molecule has 2 aromatic carbocycles. The molecule has 2 heterocycles. The molecule has 1 aliphatic heterocycles. The number of nitro benzene ring substituents is 1. The van der Waals surface area contributed by atoms with E-state index in [9.17, 15) is 24.4 Å². The average molecular weight is 570 g/mol. The van der Waals surface area contributed by atoms with Gasteiger partial charge in [0.25, 0.3) is 0 Å². The quantitative estimate of drug-likeness (QED) is 0.155. The number of halogens is 1. The summed E-state index contributed by atoms with van der Waals surface area (Å²) in [6, 6.07) is 8.04. The Morgan fingerprint density at radius 3 is 2.73 bits per heavy atom. The molecule has 0 saturated heterocycles. The number of nitrogens with one attached hydrogen (secondary N) is 1. The first-order valence-electron chi connectivity index (χ1n) is 12.8. The van der Waals surface area contributed by atoms with E-state index in [2.05, 4.69) is 15.4 Å². The van der Waals surface area contributed by atoms with Crippen LogP contribution in [0.3, 0.4) is 0 Å². The van der Waals surface area contributed by atoms with E-state index in [-0.39, 0.29) is 34.6 Å². The molecular formula is C27H28FN5O6S. The number of benzene rings is 2. The van der Waals surface area contributed by atoms with E-state index >= 15 is 0 Å². The van der Waals surface area contributed by atoms with Crippen molar-refractivity contribution in [3.63, 3.8) is 0 Å². The van der Waals surface area contributed by atoms with Gasteiger partial charge in [-0.1, -0.05) is 36.4 Å². The van der Waals surface area contributed by atoms with Crippen molar-refractivity contribution in [2.24, 2.45) is 0 Å². The number of ether oxygens (including phenoxy) is 2. The van der Waals surface area contributed by atoms with E-state index in [0.29, 0.717) is 22.4 Å². The number of phenols is 1. The molecule has 3 aromatic rings. The van der Waals surface area contributed by atoms with Crippen molar-refractivity contribution in [2.45, 2.75) is 62.1 Å². The topological polar surface area (TPSA) is 142 Å². The Balaban J connectivity index is 1.56. The predicted octanol–water partition coefficient (Wildman–Crippen LogP) is 5.50. The van der Waals surface area contributed by atoms with Gasteiger partial charge in [0.05, 0.1) is 17.6 Å². The molecule has 210 valence electrons. The van der Waals surface area contributed by atoms with Crippen LogP contribution in [0.25, 0.3) is 0 Å². The summed E-state index contributed by atoms with van der Waals surface area (Å²) in [5.41, 5.74) is 0.826. The minimum Gasteiger partial charge on any atom is -0.500 e. The minimum atomic E-state index is -0.976. The first-order chi connectivity index (χ1) is 19.3. The summed E-state index contributed by atoms with van der Waals surface area (Å²) in [6.07, 6.45) is 4.33. The van der Waals surface area contributed by atoms with Crippen LogP contribution in [-0.2, 0) is 15.3 Å². The van der Waals surface area contributed by atoms with Gasteiger partial charge in [-0.2, -0.15) is 4.98 Å². The molecule has 1 atom stereocenters. The summed E-state index contributed by atoms with van der Waals surface area (Å²) in [4.78, 5) is 29.2.